The minimum absolute atomic E-state index is 0.0464. The molecule has 0 radical (unpaired) electrons. The molecule has 4 aliphatic rings. The fourth-order valence-electron chi connectivity index (χ4n) is 8.48. The van der Waals surface area contributed by atoms with Gasteiger partial charge in [-0.25, -0.2) is 0 Å². The maximum absolute atomic E-state index is 14.2. The van der Waals surface area contributed by atoms with Gasteiger partial charge in [-0.2, -0.15) is 5.06 Å². The van der Waals surface area contributed by atoms with Gasteiger partial charge in [0, 0.05) is 61.5 Å². The first kappa shape index (κ1) is 37.0. The number of benzene rings is 2. The van der Waals surface area contributed by atoms with Crippen LogP contribution in [-0.4, -0.2) is 111 Å². The molecule has 270 valence electrons. The number of rotatable bonds is 13. The topological polar surface area (TPSA) is 127 Å². The van der Waals surface area contributed by atoms with Gasteiger partial charge in [-0.3, -0.25) is 14.4 Å². The van der Waals surface area contributed by atoms with Crippen LogP contribution < -0.4 is 20.3 Å². The smallest absolute Gasteiger partial charge is 0.251 e. The van der Waals surface area contributed by atoms with E-state index >= 15 is 0 Å². The first-order valence-corrected chi connectivity index (χ1v) is 17.6. The lowest BCUT2D eigenvalue weighted by Crippen LogP contribution is -2.62. The number of aliphatic hydroxyl groups excluding tert-OH is 2. The highest BCUT2D eigenvalue weighted by atomic mass is 16.7. The SMILES string of the molecule is COc1c(CN2O[C@@H](CO)[C@@H]([C@H](C)O)[C@H]2C(=O)N[C@H]2C[C@H]3C[C@@H]([C@@H]2C)C3(C)C)cccc1-c1cc(C(=O)NCCN(C)C)cc(N(C)C)c1. The molecule has 2 aromatic carbocycles. The fourth-order valence-corrected chi connectivity index (χ4v) is 8.48. The minimum atomic E-state index is -0.890. The summed E-state index contributed by atoms with van der Waals surface area (Å²) < 4.78 is 6.03. The zero-order valence-electron chi connectivity index (χ0n) is 30.7. The van der Waals surface area contributed by atoms with Crippen molar-refractivity contribution in [3.05, 3.63) is 47.5 Å². The number of nitrogens with zero attached hydrogens (tertiary/aromatic N) is 3. The van der Waals surface area contributed by atoms with Crippen LogP contribution in [0.5, 0.6) is 5.75 Å². The Balaban J connectivity index is 1.44. The van der Waals surface area contributed by atoms with Crippen LogP contribution >= 0.6 is 0 Å². The van der Waals surface area contributed by atoms with Crippen LogP contribution in [0.2, 0.25) is 0 Å². The maximum Gasteiger partial charge on any atom is 0.251 e. The van der Waals surface area contributed by atoms with Gasteiger partial charge < -0.3 is 35.4 Å². The van der Waals surface area contributed by atoms with Crippen LogP contribution in [0.4, 0.5) is 5.69 Å². The number of para-hydroxylation sites is 1. The van der Waals surface area contributed by atoms with Crippen molar-refractivity contribution < 1.29 is 29.4 Å². The van der Waals surface area contributed by atoms with Crippen molar-refractivity contribution in [2.45, 2.75) is 71.4 Å². The highest BCUT2D eigenvalue weighted by Gasteiger charge is 2.57. The number of hydrogen-bond donors (Lipinski definition) is 4. The summed E-state index contributed by atoms with van der Waals surface area (Å²) in [5.41, 5.74) is 4.05. The number of fused-ring (bicyclic) bond motifs is 2. The Morgan fingerprint density at radius 2 is 1.88 bits per heavy atom. The van der Waals surface area contributed by atoms with Gasteiger partial charge in [0.15, 0.2) is 0 Å². The third-order valence-corrected chi connectivity index (χ3v) is 11.5. The molecule has 1 aliphatic heterocycles. The van der Waals surface area contributed by atoms with E-state index in [0.717, 1.165) is 35.3 Å². The number of carbonyl (C=O) groups is 2. The largest absolute Gasteiger partial charge is 0.496 e. The molecule has 4 N–H and O–H groups in total. The third-order valence-electron chi connectivity index (χ3n) is 11.5. The van der Waals surface area contributed by atoms with Crippen LogP contribution in [0.3, 0.4) is 0 Å². The molecule has 1 saturated heterocycles. The lowest BCUT2D eigenvalue weighted by molar-refractivity contribution is -0.183. The quantitative estimate of drug-likeness (QED) is 0.252. The van der Waals surface area contributed by atoms with Crippen molar-refractivity contribution >= 4 is 17.5 Å². The highest BCUT2D eigenvalue weighted by molar-refractivity contribution is 5.97. The second-order valence-corrected chi connectivity index (χ2v) is 15.5. The Kier molecular flexibility index (Phi) is 11.3. The molecule has 0 spiro atoms. The number of hydroxylamine groups is 2. The molecule has 11 heteroatoms. The van der Waals surface area contributed by atoms with Gasteiger partial charge >= 0.3 is 0 Å². The number of carbonyl (C=O) groups excluding carboxylic acids is 2. The number of ether oxygens (including phenoxy) is 1. The molecule has 8 atom stereocenters. The van der Waals surface area contributed by atoms with Crippen LogP contribution in [0.25, 0.3) is 11.1 Å². The number of nitrogens with one attached hydrogen (secondary N) is 2. The first-order chi connectivity index (χ1) is 23.2. The predicted octanol–water partition coefficient (Wildman–Crippen LogP) is 3.38. The number of hydrogen-bond acceptors (Lipinski definition) is 9. The summed E-state index contributed by atoms with van der Waals surface area (Å²) in [5, 5.41) is 29.1. The van der Waals surface area contributed by atoms with Crippen molar-refractivity contribution in [1.29, 1.82) is 0 Å². The molecule has 49 heavy (non-hydrogen) atoms. The molecule has 2 bridgehead atoms. The van der Waals surface area contributed by atoms with Crippen LogP contribution in [0.1, 0.15) is 56.5 Å². The highest BCUT2D eigenvalue weighted by Crippen LogP contribution is 2.61. The molecule has 6 rings (SSSR count). The second-order valence-electron chi connectivity index (χ2n) is 15.5. The molecule has 3 aliphatic carbocycles. The Hall–Kier alpha value is -3.22. The van der Waals surface area contributed by atoms with E-state index in [-0.39, 0.29) is 36.4 Å². The lowest BCUT2D eigenvalue weighted by atomic mass is 9.45. The van der Waals surface area contributed by atoms with Gasteiger partial charge in [0.1, 0.15) is 17.9 Å². The van der Waals surface area contributed by atoms with Crippen molar-refractivity contribution in [3.8, 4) is 16.9 Å². The van der Waals surface area contributed by atoms with E-state index in [1.807, 2.05) is 74.4 Å². The Bertz CT molecular complexity index is 1490. The van der Waals surface area contributed by atoms with Crippen LogP contribution in [0, 0.1) is 29.1 Å². The molecule has 2 aromatic rings. The van der Waals surface area contributed by atoms with E-state index in [1.54, 1.807) is 19.1 Å². The van der Waals surface area contributed by atoms with E-state index < -0.39 is 24.2 Å². The fraction of sp³-hybridized carbons (Fsp3) is 0.632. The molecular formula is C38H57N5O6. The summed E-state index contributed by atoms with van der Waals surface area (Å²) >= 11 is 0. The van der Waals surface area contributed by atoms with Gasteiger partial charge in [-0.05, 0) is 80.8 Å². The standard InChI is InChI=1S/C38H57N5O6/c1-22-30-18-27(38(30,3)4)19-31(22)40-37(47)34-33(23(2)45)32(21-44)49-43(34)20-24-11-10-12-29(35(24)48-9)25-15-26(17-28(16-25)42(7)8)36(46)39-13-14-41(5)6/h10-12,15-17,22-23,27,30-34,44-45H,13-14,18-21H2,1-9H3,(H,39,46)(H,40,47)/t22-,23-,27+,30-,31-,32-,33+,34-/m0/s1. The average Bonchev–Trinajstić information content (AvgIpc) is 3.43. The Morgan fingerprint density at radius 3 is 2.47 bits per heavy atom. The molecule has 1 heterocycles. The van der Waals surface area contributed by atoms with E-state index in [4.69, 9.17) is 9.57 Å². The van der Waals surface area contributed by atoms with Gasteiger partial charge in [-0.1, -0.05) is 39.0 Å². The Labute approximate surface area is 291 Å². The summed E-state index contributed by atoms with van der Waals surface area (Å²) in [5.74, 6) is 1.08. The van der Waals surface area contributed by atoms with Gasteiger partial charge in [-0.15, -0.1) is 0 Å². The predicted molar refractivity (Wildman–Crippen MR) is 191 cm³/mol. The van der Waals surface area contributed by atoms with Gasteiger partial charge in [0.05, 0.1) is 26.4 Å². The second kappa shape index (κ2) is 14.9. The molecule has 3 saturated carbocycles. The summed E-state index contributed by atoms with van der Waals surface area (Å²) in [6, 6.07) is 10.8. The van der Waals surface area contributed by atoms with Crippen molar-refractivity contribution in [1.82, 2.24) is 20.6 Å². The van der Waals surface area contributed by atoms with E-state index in [9.17, 15) is 19.8 Å². The summed E-state index contributed by atoms with van der Waals surface area (Å²) in [6.07, 6.45) is 0.507. The molecule has 11 nitrogen and oxygen atoms in total. The van der Waals surface area contributed by atoms with Crippen LogP contribution in [-0.2, 0) is 16.2 Å². The Morgan fingerprint density at radius 1 is 1.14 bits per heavy atom. The zero-order chi connectivity index (χ0) is 35.8. The molecule has 4 fully saturated rings. The molecule has 2 amide bonds. The average molecular weight is 680 g/mol. The van der Waals surface area contributed by atoms with Crippen molar-refractivity contribution in [2.75, 3.05) is 59.9 Å². The molecule has 0 unspecified atom stereocenters. The number of anilines is 1. The van der Waals surface area contributed by atoms with Crippen molar-refractivity contribution in [3.63, 3.8) is 0 Å². The van der Waals surface area contributed by atoms with Gasteiger partial charge in [0.2, 0.25) is 5.91 Å². The number of amides is 2. The zero-order valence-corrected chi connectivity index (χ0v) is 30.7. The molecular weight excluding hydrogens is 622 g/mol. The summed E-state index contributed by atoms with van der Waals surface area (Å²) in [6.45, 7) is 9.65. The number of methoxy groups -OCH3 is 1. The normalized spacial score (nSPS) is 28.1. The lowest BCUT2D eigenvalue weighted by Gasteiger charge is -2.62. The minimum Gasteiger partial charge on any atom is -0.496 e. The van der Waals surface area contributed by atoms with E-state index in [1.165, 1.54) is 6.42 Å². The third kappa shape index (κ3) is 7.46. The van der Waals surface area contributed by atoms with E-state index in [0.29, 0.717) is 35.6 Å². The van der Waals surface area contributed by atoms with Gasteiger partial charge in [0.25, 0.3) is 5.91 Å². The van der Waals surface area contributed by atoms with E-state index in [2.05, 4.69) is 31.4 Å². The van der Waals surface area contributed by atoms with Crippen molar-refractivity contribution in [2.24, 2.45) is 29.1 Å². The summed E-state index contributed by atoms with van der Waals surface area (Å²) in [4.78, 5) is 37.6. The first-order valence-electron chi connectivity index (χ1n) is 17.6. The monoisotopic (exact) mass is 679 g/mol. The van der Waals surface area contributed by atoms with Crippen LogP contribution in [0.15, 0.2) is 36.4 Å². The summed E-state index contributed by atoms with van der Waals surface area (Å²) in [7, 11) is 9.40. The molecule has 0 aromatic heterocycles. The maximum atomic E-state index is 14.2. The number of likely N-dealkylation sites (N-methyl/N-ethyl adjacent to an activating group) is 1. The number of aliphatic hydroxyl groups is 2.